The molecule has 178 valence electrons. The van der Waals surface area contributed by atoms with Gasteiger partial charge in [-0.15, -0.1) is 0 Å². The minimum absolute atomic E-state index is 0.147. The quantitative estimate of drug-likeness (QED) is 0.378. The highest BCUT2D eigenvalue weighted by molar-refractivity contribution is 6.00. The normalized spacial score (nSPS) is 10.6. The molecule has 0 saturated heterocycles. The third-order valence-electron chi connectivity index (χ3n) is 5.37. The van der Waals surface area contributed by atoms with E-state index in [2.05, 4.69) is 31.0 Å². The number of carbonyl (C=O) groups is 2. The molecule has 9 nitrogen and oxygen atoms in total. The molecule has 0 aliphatic rings. The summed E-state index contributed by atoms with van der Waals surface area (Å²) in [5, 5.41) is 13.0. The number of rotatable bonds is 6. The zero-order valence-electron chi connectivity index (χ0n) is 20.1. The molecule has 35 heavy (non-hydrogen) atoms. The number of aromatic nitrogens is 4. The Labute approximate surface area is 203 Å². The van der Waals surface area contributed by atoms with E-state index in [4.69, 9.17) is 0 Å². The second-order valence-corrected chi connectivity index (χ2v) is 8.26. The summed E-state index contributed by atoms with van der Waals surface area (Å²) < 4.78 is 1.67. The fourth-order valence-corrected chi connectivity index (χ4v) is 3.78. The van der Waals surface area contributed by atoms with Crippen molar-refractivity contribution in [2.24, 2.45) is 0 Å². The number of aryl methyl sites for hydroxylation is 3. The predicted octanol–water partition coefficient (Wildman–Crippen LogP) is 4.72. The molecule has 2 heterocycles. The lowest BCUT2D eigenvalue weighted by atomic mass is 10.1. The van der Waals surface area contributed by atoms with Crippen LogP contribution in [0.3, 0.4) is 0 Å². The average Bonchev–Trinajstić information content (AvgIpc) is 3.07. The summed E-state index contributed by atoms with van der Waals surface area (Å²) in [6, 6.07) is 17.7. The Hall–Kier alpha value is -4.53. The van der Waals surface area contributed by atoms with E-state index in [9.17, 15) is 9.59 Å². The standard InChI is InChI=1S/C26H27N7O2/c1-16-13-17(2)28-25(27-16)33-19(4)23(18(3)32-33)15-24(34)29-21-11-8-12-22(14-21)31-26(35)30-20-9-6-5-7-10-20/h5-14H,15H2,1-4H3,(H,29,34)(H2,30,31,35). The Morgan fingerprint density at radius 3 is 2.06 bits per heavy atom. The number of hydrogen-bond acceptors (Lipinski definition) is 5. The van der Waals surface area contributed by atoms with Crippen LogP contribution < -0.4 is 16.0 Å². The van der Waals surface area contributed by atoms with Gasteiger partial charge >= 0.3 is 6.03 Å². The number of para-hydroxylation sites is 1. The molecule has 9 heteroatoms. The number of hydrogen-bond donors (Lipinski definition) is 3. The monoisotopic (exact) mass is 469 g/mol. The van der Waals surface area contributed by atoms with Crippen LogP contribution in [-0.2, 0) is 11.2 Å². The van der Waals surface area contributed by atoms with Crippen LogP contribution in [0, 0.1) is 27.7 Å². The molecule has 2 aromatic heterocycles. The van der Waals surface area contributed by atoms with E-state index in [0.29, 0.717) is 23.0 Å². The molecule has 0 atom stereocenters. The molecule has 0 saturated carbocycles. The van der Waals surface area contributed by atoms with Gasteiger partial charge in [-0.3, -0.25) is 4.79 Å². The fraction of sp³-hybridized carbons (Fsp3) is 0.192. The number of anilines is 3. The van der Waals surface area contributed by atoms with E-state index in [1.807, 2.05) is 52.0 Å². The van der Waals surface area contributed by atoms with E-state index in [1.54, 1.807) is 41.1 Å². The van der Waals surface area contributed by atoms with E-state index in [0.717, 1.165) is 28.3 Å². The van der Waals surface area contributed by atoms with Gasteiger partial charge < -0.3 is 16.0 Å². The lowest BCUT2D eigenvalue weighted by Gasteiger charge is -2.10. The van der Waals surface area contributed by atoms with Crippen LogP contribution in [0.4, 0.5) is 21.9 Å². The minimum Gasteiger partial charge on any atom is -0.326 e. The number of carbonyl (C=O) groups excluding carboxylic acids is 2. The lowest BCUT2D eigenvalue weighted by Crippen LogP contribution is -2.19. The highest BCUT2D eigenvalue weighted by atomic mass is 16.2. The molecule has 0 aliphatic heterocycles. The predicted molar refractivity (Wildman–Crippen MR) is 136 cm³/mol. The Morgan fingerprint density at radius 1 is 0.771 bits per heavy atom. The second-order valence-electron chi connectivity index (χ2n) is 8.26. The Balaban J connectivity index is 1.43. The molecular weight excluding hydrogens is 442 g/mol. The van der Waals surface area contributed by atoms with Crippen molar-refractivity contribution in [1.82, 2.24) is 19.7 Å². The third kappa shape index (κ3) is 5.89. The van der Waals surface area contributed by atoms with E-state index < -0.39 is 0 Å². The third-order valence-corrected chi connectivity index (χ3v) is 5.37. The van der Waals surface area contributed by atoms with Crippen molar-refractivity contribution < 1.29 is 9.59 Å². The SMILES string of the molecule is Cc1cc(C)nc(-n2nc(C)c(CC(=O)Nc3cccc(NC(=O)Nc4ccccc4)c3)c2C)n1. The highest BCUT2D eigenvalue weighted by Crippen LogP contribution is 2.20. The van der Waals surface area contributed by atoms with Gasteiger partial charge in [0.25, 0.3) is 5.95 Å². The van der Waals surface area contributed by atoms with Gasteiger partial charge in [0, 0.05) is 39.7 Å². The largest absolute Gasteiger partial charge is 0.326 e. The van der Waals surface area contributed by atoms with Gasteiger partial charge in [0.1, 0.15) is 0 Å². The van der Waals surface area contributed by atoms with Gasteiger partial charge in [-0.05, 0) is 64.1 Å². The van der Waals surface area contributed by atoms with Gasteiger partial charge in [0.05, 0.1) is 12.1 Å². The molecule has 0 bridgehead atoms. The van der Waals surface area contributed by atoms with Crippen molar-refractivity contribution in [1.29, 1.82) is 0 Å². The summed E-state index contributed by atoms with van der Waals surface area (Å²) in [5.74, 6) is 0.297. The molecule has 0 unspecified atom stereocenters. The van der Waals surface area contributed by atoms with Crippen molar-refractivity contribution in [3.05, 3.63) is 89.0 Å². The number of urea groups is 1. The molecule has 3 N–H and O–H groups in total. The van der Waals surface area contributed by atoms with Gasteiger partial charge in [-0.2, -0.15) is 5.10 Å². The van der Waals surface area contributed by atoms with Gasteiger partial charge in [0.2, 0.25) is 5.91 Å². The summed E-state index contributed by atoms with van der Waals surface area (Å²) in [7, 11) is 0. The maximum atomic E-state index is 12.8. The maximum Gasteiger partial charge on any atom is 0.323 e. The zero-order valence-corrected chi connectivity index (χ0v) is 20.1. The summed E-state index contributed by atoms with van der Waals surface area (Å²) in [6.07, 6.45) is 0.147. The Bertz CT molecular complexity index is 1360. The maximum absolute atomic E-state index is 12.8. The molecule has 0 aliphatic carbocycles. The summed E-state index contributed by atoms with van der Waals surface area (Å²) >= 11 is 0. The highest BCUT2D eigenvalue weighted by Gasteiger charge is 2.18. The van der Waals surface area contributed by atoms with Gasteiger partial charge in [0.15, 0.2) is 0 Å². The van der Waals surface area contributed by atoms with Crippen molar-refractivity contribution >= 4 is 29.0 Å². The lowest BCUT2D eigenvalue weighted by molar-refractivity contribution is -0.115. The summed E-state index contributed by atoms with van der Waals surface area (Å²) in [4.78, 5) is 34.1. The van der Waals surface area contributed by atoms with Crippen LogP contribution in [0.1, 0.15) is 28.3 Å². The molecule has 4 aromatic rings. The van der Waals surface area contributed by atoms with Crippen molar-refractivity contribution in [2.75, 3.05) is 16.0 Å². The van der Waals surface area contributed by atoms with Crippen LogP contribution in [0.25, 0.3) is 5.95 Å². The smallest absolute Gasteiger partial charge is 0.323 e. The number of nitrogens with zero attached hydrogens (tertiary/aromatic N) is 4. The molecule has 0 spiro atoms. The van der Waals surface area contributed by atoms with Gasteiger partial charge in [-0.1, -0.05) is 24.3 Å². The van der Waals surface area contributed by atoms with E-state index >= 15 is 0 Å². The topological polar surface area (TPSA) is 114 Å². The number of amides is 3. The Kier molecular flexibility index (Phi) is 6.86. The van der Waals surface area contributed by atoms with Crippen molar-refractivity contribution in [3.63, 3.8) is 0 Å². The van der Waals surface area contributed by atoms with E-state index in [-0.39, 0.29) is 18.4 Å². The first kappa shape index (κ1) is 23.6. The number of benzene rings is 2. The van der Waals surface area contributed by atoms with Crippen LogP contribution in [-0.4, -0.2) is 31.7 Å². The first-order valence-electron chi connectivity index (χ1n) is 11.2. The fourth-order valence-electron chi connectivity index (χ4n) is 3.78. The van der Waals surface area contributed by atoms with Crippen molar-refractivity contribution in [2.45, 2.75) is 34.1 Å². The van der Waals surface area contributed by atoms with E-state index in [1.165, 1.54) is 0 Å². The Morgan fingerprint density at radius 2 is 1.37 bits per heavy atom. The van der Waals surface area contributed by atoms with Gasteiger partial charge in [-0.25, -0.2) is 19.4 Å². The van der Waals surface area contributed by atoms with Crippen LogP contribution in [0.5, 0.6) is 0 Å². The molecule has 2 aromatic carbocycles. The van der Waals surface area contributed by atoms with Crippen LogP contribution in [0.15, 0.2) is 60.7 Å². The average molecular weight is 470 g/mol. The molecule has 0 fully saturated rings. The first-order chi connectivity index (χ1) is 16.8. The minimum atomic E-state index is -0.369. The zero-order chi connectivity index (χ0) is 24.9. The van der Waals surface area contributed by atoms with Crippen LogP contribution in [0.2, 0.25) is 0 Å². The summed E-state index contributed by atoms with van der Waals surface area (Å²) in [6.45, 7) is 7.59. The van der Waals surface area contributed by atoms with Crippen molar-refractivity contribution in [3.8, 4) is 5.95 Å². The molecular formula is C26H27N7O2. The summed E-state index contributed by atoms with van der Waals surface area (Å²) in [5.41, 5.74) is 5.91. The van der Waals surface area contributed by atoms with Crippen LogP contribution >= 0.6 is 0 Å². The molecule has 0 radical (unpaired) electrons. The number of nitrogens with one attached hydrogen (secondary N) is 3. The first-order valence-corrected chi connectivity index (χ1v) is 11.2. The molecule has 4 rings (SSSR count). The second kappa shape index (κ2) is 10.2. The molecule has 3 amide bonds.